The van der Waals surface area contributed by atoms with Gasteiger partial charge in [0.25, 0.3) is 0 Å². The minimum atomic E-state index is 0.0215. The van der Waals surface area contributed by atoms with Gasteiger partial charge < -0.3 is 5.73 Å². The average molecular weight is 274 g/mol. The van der Waals surface area contributed by atoms with E-state index in [0.29, 0.717) is 0 Å². The summed E-state index contributed by atoms with van der Waals surface area (Å²) in [5.74, 6) is 0. The van der Waals surface area contributed by atoms with Crippen LogP contribution in [0.3, 0.4) is 0 Å². The topological polar surface area (TPSA) is 38.9 Å². The van der Waals surface area contributed by atoms with Crippen molar-refractivity contribution >= 4 is 11.3 Å². The summed E-state index contributed by atoms with van der Waals surface area (Å²) in [6.45, 7) is 8.67. The second-order valence-electron chi connectivity index (χ2n) is 6.08. The van der Waals surface area contributed by atoms with Crippen LogP contribution in [0.5, 0.6) is 0 Å². The monoisotopic (exact) mass is 274 g/mol. The van der Waals surface area contributed by atoms with E-state index in [-0.39, 0.29) is 11.5 Å². The van der Waals surface area contributed by atoms with Crippen LogP contribution >= 0.6 is 11.3 Å². The van der Waals surface area contributed by atoms with E-state index in [0.717, 1.165) is 17.1 Å². The zero-order valence-corrected chi connectivity index (χ0v) is 12.9. The lowest BCUT2D eigenvalue weighted by Crippen LogP contribution is -2.10. The third-order valence-corrected chi connectivity index (χ3v) is 4.08. The highest BCUT2D eigenvalue weighted by atomic mass is 32.1. The molecule has 2 aromatic rings. The summed E-state index contributed by atoms with van der Waals surface area (Å²) in [7, 11) is 0. The Bertz CT molecular complexity index is 533. The van der Waals surface area contributed by atoms with Gasteiger partial charge in [0.15, 0.2) is 0 Å². The molecule has 2 N–H and O–H groups in total. The molecule has 1 heterocycles. The van der Waals surface area contributed by atoms with Crippen LogP contribution < -0.4 is 5.73 Å². The molecule has 2 rings (SSSR count). The maximum Gasteiger partial charge on any atom is 0.0972 e. The molecule has 19 heavy (non-hydrogen) atoms. The standard InChI is InChI=1S/C16H22N2S/c1-11(17)14-10-19-15(18-14)9-12-5-7-13(8-6-12)16(2,3)4/h5-8,10-11H,9,17H2,1-4H3. The van der Waals surface area contributed by atoms with Gasteiger partial charge in [0, 0.05) is 17.8 Å². The van der Waals surface area contributed by atoms with Gasteiger partial charge in [-0.1, -0.05) is 45.0 Å². The lowest BCUT2D eigenvalue weighted by Gasteiger charge is -2.19. The van der Waals surface area contributed by atoms with E-state index in [1.165, 1.54) is 11.1 Å². The molecular weight excluding hydrogens is 252 g/mol. The van der Waals surface area contributed by atoms with Gasteiger partial charge in [0.1, 0.15) is 0 Å². The maximum absolute atomic E-state index is 5.83. The molecule has 0 aliphatic carbocycles. The molecule has 0 fully saturated rings. The molecule has 3 heteroatoms. The number of nitrogens with two attached hydrogens (primary N) is 1. The smallest absolute Gasteiger partial charge is 0.0972 e. The van der Waals surface area contributed by atoms with Crippen molar-refractivity contribution in [3.8, 4) is 0 Å². The first kappa shape index (κ1) is 14.2. The Morgan fingerprint density at radius 3 is 2.32 bits per heavy atom. The van der Waals surface area contributed by atoms with Crippen molar-refractivity contribution < 1.29 is 0 Å². The summed E-state index contributed by atoms with van der Waals surface area (Å²) in [5, 5.41) is 3.19. The highest BCUT2D eigenvalue weighted by Gasteiger charge is 2.13. The Morgan fingerprint density at radius 2 is 1.84 bits per heavy atom. The average Bonchev–Trinajstić information content (AvgIpc) is 2.77. The Kier molecular flexibility index (Phi) is 4.07. The summed E-state index contributed by atoms with van der Waals surface area (Å²) in [5.41, 5.74) is 9.71. The molecule has 102 valence electrons. The number of hydrogen-bond donors (Lipinski definition) is 1. The van der Waals surface area contributed by atoms with E-state index in [9.17, 15) is 0 Å². The quantitative estimate of drug-likeness (QED) is 0.917. The van der Waals surface area contributed by atoms with Crippen LogP contribution in [0.25, 0.3) is 0 Å². The van der Waals surface area contributed by atoms with Crippen LogP contribution in [0.1, 0.15) is 55.6 Å². The number of rotatable bonds is 3. The molecule has 1 aromatic heterocycles. The number of nitrogens with zero attached hydrogens (tertiary/aromatic N) is 1. The maximum atomic E-state index is 5.83. The molecule has 0 radical (unpaired) electrons. The summed E-state index contributed by atoms with van der Waals surface area (Å²) < 4.78 is 0. The molecule has 1 aromatic carbocycles. The number of thiazole rings is 1. The van der Waals surface area contributed by atoms with Crippen LogP contribution in [0, 0.1) is 0 Å². The molecular formula is C16H22N2S. The van der Waals surface area contributed by atoms with E-state index >= 15 is 0 Å². The molecule has 0 aliphatic rings. The normalized spacial score (nSPS) is 13.5. The first-order valence-electron chi connectivity index (χ1n) is 6.65. The van der Waals surface area contributed by atoms with Crippen LogP contribution in [0.2, 0.25) is 0 Å². The SMILES string of the molecule is CC(N)c1csc(Cc2ccc(C(C)(C)C)cc2)n1. The molecule has 1 atom stereocenters. The second-order valence-corrected chi connectivity index (χ2v) is 7.02. The van der Waals surface area contributed by atoms with Gasteiger partial charge in [-0.15, -0.1) is 11.3 Å². The van der Waals surface area contributed by atoms with Crippen molar-refractivity contribution in [1.82, 2.24) is 4.98 Å². The molecule has 0 saturated carbocycles. The fourth-order valence-corrected chi connectivity index (χ4v) is 2.84. The molecule has 2 nitrogen and oxygen atoms in total. The Labute approximate surface area is 119 Å². The highest BCUT2D eigenvalue weighted by Crippen LogP contribution is 2.23. The lowest BCUT2D eigenvalue weighted by atomic mass is 9.86. The van der Waals surface area contributed by atoms with Crippen LogP contribution in [-0.2, 0) is 11.8 Å². The van der Waals surface area contributed by atoms with Gasteiger partial charge in [-0.05, 0) is 23.5 Å². The number of benzene rings is 1. The van der Waals surface area contributed by atoms with Gasteiger partial charge in [-0.2, -0.15) is 0 Å². The minimum absolute atomic E-state index is 0.0215. The van der Waals surface area contributed by atoms with Crippen molar-refractivity contribution in [3.05, 3.63) is 51.5 Å². The van der Waals surface area contributed by atoms with E-state index in [2.05, 4.69) is 55.4 Å². The zero-order chi connectivity index (χ0) is 14.0. The van der Waals surface area contributed by atoms with Crippen molar-refractivity contribution in [1.29, 1.82) is 0 Å². The number of hydrogen-bond acceptors (Lipinski definition) is 3. The summed E-state index contributed by atoms with van der Waals surface area (Å²) >= 11 is 1.69. The summed E-state index contributed by atoms with van der Waals surface area (Å²) in [6.07, 6.45) is 0.891. The largest absolute Gasteiger partial charge is 0.323 e. The molecule has 0 amide bonds. The van der Waals surface area contributed by atoms with Crippen molar-refractivity contribution in [2.75, 3.05) is 0 Å². The molecule has 0 bridgehead atoms. The van der Waals surface area contributed by atoms with Crippen LogP contribution in [-0.4, -0.2) is 4.98 Å². The molecule has 0 aliphatic heterocycles. The number of aromatic nitrogens is 1. The van der Waals surface area contributed by atoms with Crippen molar-refractivity contribution in [2.24, 2.45) is 5.73 Å². The molecule has 0 spiro atoms. The molecule has 0 saturated heterocycles. The summed E-state index contributed by atoms with van der Waals surface area (Å²) in [4.78, 5) is 4.57. The van der Waals surface area contributed by atoms with E-state index in [1.54, 1.807) is 11.3 Å². The Morgan fingerprint density at radius 1 is 1.21 bits per heavy atom. The third-order valence-electron chi connectivity index (χ3n) is 3.21. The predicted molar refractivity (Wildman–Crippen MR) is 82.7 cm³/mol. The van der Waals surface area contributed by atoms with Crippen LogP contribution in [0.4, 0.5) is 0 Å². The Balaban J connectivity index is 2.11. The Hall–Kier alpha value is -1.19. The lowest BCUT2D eigenvalue weighted by molar-refractivity contribution is 0.590. The van der Waals surface area contributed by atoms with Gasteiger partial charge in [-0.25, -0.2) is 4.98 Å². The van der Waals surface area contributed by atoms with Gasteiger partial charge in [-0.3, -0.25) is 0 Å². The first-order valence-corrected chi connectivity index (χ1v) is 7.53. The predicted octanol–water partition coefficient (Wildman–Crippen LogP) is 4.05. The van der Waals surface area contributed by atoms with Crippen LogP contribution in [0.15, 0.2) is 29.6 Å². The highest BCUT2D eigenvalue weighted by molar-refractivity contribution is 7.09. The van der Waals surface area contributed by atoms with Gasteiger partial charge in [0.05, 0.1) is 10.7 Å². The minimum Gasteiger partial charge on any atom is -0.323 e. The van der Waals surface area contributed by atoms with Gasteiger partial charge >= 0.3 is 0 Å². The van der Waals surface area contributed by atoms with Gasteiger partial charge in [0.2, 0.25) is 0 Å². The second kappa shape index (κ2) is 5.43. The van der Waals surface area contributed by atoms with E-state index in [1.807, 2.05) is 6.92 Å². The van der Waals surface area contributed by atoms with Crippen molar-refractivity contribution in [2.45, 2.75) is 45.6 Å². The zero-order valence-electron chi connectivity index (χ0n) is 12.1. The fraction of sp³-hybridized carbons (Fsp3) is 0.438. The first-order chi connectivity index (χ1) is 8.86. The van der Waals surface area contributed by atoms with E-state index < -0.39 is 0 Å². The van der Waals surface area contributed by atoms with E-state index in [4.69, 9.17) is 5.73 Å². The van der Waals surface area contributed by atoms with Crippen molar-refractivity contribution in [3.63, 3.8) is 0 Å². The summed E-state index contributed by atoms with van der Waals surface area (Å²) in [6, 6.07) is 8.86. The third kappa shape index (κ3) is 3.64. The fourth-order valence-electron chi connectivity index (χ4n) is 1.91. The molecule has 1 unspecified atom stereocenters.